The third kappa shape index (κ3) is 4.00. The first-order valence-electron chi connectivity index (χ1n) is 9.70. The van der Waals surface area contributed by atoms with Crippen LogP contribution in [0.1, 0.15) is 17.4 Å². The molecule has 2 amide bonds. The zero-order chi connectivity index (χ0) is 22.0. The number of aromatic amines is 1. The van der Waals surface area contributed by atoms with E-state index in [1.807, 2.05) is 24.3 Å². The molecule has 1 unspecified atom stereocenters. The molecule has 0 spiro atoms. The quantitative estimate of drug-likeness (QED) is 0.445. The van der Waals surface area contributed by atoms with E-state index >= 15 is 0 Å². The molecule has 0 aliphatic heterocycles. The molecule has 2 aromatic carbocycles. The van der Waals surface area contributed by atoms with Gasteiger partial charge in [0.25, 0.3) is 5.91 Å². The Morgan fingerprint density at radius 3 is 2.58 bits per heavy atom. The van der Waals surface area contributed by atoms with Gasteiger partial charge in [0.2, 0.25) is 5.91 Å². The molecule has 0 bridgehead atoms. The summed E-state index contributed by atoms with van der Waals surface area (Å²) in [5.41, 5.74) is 2.53. The number of anilines is 1. The van der Waals surface area contributed by atoms with Crippen molar-refractivity contribution in [2.75, 3.05) is 19.5 Å². The molecule has 8 nitrogen and oxygen atoms in total. The van der Waals surface area contributed by atoms with Crippen molar-refractivity contribution in [1.29, 1.82) is 0 Å². The highest BCUT2D eigenvalue weighted by Gasteiger charge is 2.20. The molecule has 4 aromatic rings. The first-order chi connectivity index (χ1) is 15.0. The molecule has 2 aromatic heterocycles. The third-order valence-electron chi connectivity index (χ3n) is 5.03. The second-order valence-corrected chi connectivity index (χ2v) is 7.04. The van der Waals surface area contributed by atoms with Crippen molar-refractivity contribution in [2.24, 2.45) is 0 Å². The molecule has 0 aliphatic rings. The van der Waals surface area contributed by atoms with Crippen LogP contribution in [0.4, 0.5) is 5.69 Å². The van der Waals surface area contributed by atoms with Crippen LogP contribution in [0.3, 0.4) is 0 Å². The Bertz CT molecular complexity index is 1280. The number of carbonyl (C=O) groups excluding carboxylic acids is 2. The van der Waals surface area contributed by atoms with Crippen LogP contribution in [0.25, 0.3) is 21.8 Å². The third-order valence-corrected chi connectivity index (χ3v) is 5.03. The van der Waals surface area contributed by atoms with E-state index in [2.05, 4.69) is 20.6 Å². The Labute approximate surface area is 178 Å². The van der Waals surface area contributed by atoms with Crippen molar-refractivity contribution in [3.05, 3.63) is 60.4 Å². The van der Waals surface area contributed by atoms with Crippen LogP contribution >= 0.6 is 0 Å². The molecule has 4 rings (SSSR count). The smallest absolute Gasteiger partial charge is 0.270 e. The topological polar surface area (TPSA) is 105 Å². The summed E-state index contributed by atoms with van der Waals surface area (Å²) in [6.45, 7) is 1.60. The highest BCUT2D eigenvalue weighted by atomic mass is 16.5. The molecular formula is C23H22N4O4. The largest absolute Gasteiger partial charge is 0.497 e. The van der Waals surface area contributed by atoms with Gasteiger partial charge in [-0.1, -0.05) is 18.2 Å². The number of H-pyrrole nitrogens is 1. The average Bonchev–Trinajstić information content (AvgIpc) is 3.17. The number of nitrogens with zero attached hydrogens (tertiary/aromatic N) is 1. The van der Waals surface area contributed by atoms with Gasteiger partial charge in [-0.05, 0) is 31.2 Å². The van der Waals surface area contributed by atoms with Gasteiger partial charge in [0.1, 0.15) is 23.2 Å². The lowest BCUT2D eigenvalue weighted by Crippen LogP contribution is -2.41. The number of rotatable bonds is 6. The van der Waals surface area contributed by atoms with Crippen LogP contribution in [-0.2, 0) is 4.79 Å². The average molecular weight is 418 g/mol. The summed E-state index contributed by atoms with van der Waals surface area (Å²) in [5, 5.41) is 7.36. The number of methoxy groups -OCH3 is 2. The van der Waals surface area contributed by atoms with Crippen molar-refractivity contribution in [1.82, 2.24) is 15.3 Å². The van der Waals surface area contributed by atoms with Gasteiger partial charge in [0, 0.05) is 22.4 Å². The minimum absolute atomic E-state index is 0.235. The van der Waals surface area contributed by atoms with Gasteiger partial charge in [-0.3, -0.25) is 9.59 Å². The molecule has 2 heterocycles. The zero-order valence-electron chi connectivity index (χ0n) is 17.4. The molecule has 31 heavy (non-hydrogen) atoms. The summed E-state index contributed by atoms with van der Waals surface area (Å²) in [6.07, 6.45) is 1.62. The fraction of sp³-hybridized carbons (Fsp3) is 0.174. The molecule has 3 N–H and O–H groups in total. The van der Waals surface area contributed by atoms with Crippen molar-refractivity contribution in [2.45, 2.75) is 13.0 Å². The Kier molecular flexibility index (Phi) is 5.44. The molecule has 0 aliphatic carbocycles. The molecule has 8 heteroatoms. The number of para-hydroxylation sites is 1. The maximum atomic E-state index is 12.7. The summed E-state index contributed by atoms with van der Waals surface area (Å²) >= 11 is 0. The van der Waals surface area contributed by atoms with Gasteiger partial charge < -0.3 is 25.1 Å². The summed E-state index contributed by atoms with van der Waals surface area (Å²) in [4.78, 5) is 32.8. The van der Waals surface area contributed by atoms with Crippen molar-refractivity contribution < 1.29 is 19.1 Å². The first kappa shape index (κ1) is 20.2. The standard InChI is InChI=1S/C23H22N4O4/c1-13(22(28)27-18-9-8-14(30-2)10-21(18)31-3)25-23(29)19-11-16-15-6-4-5-7-17(15)26-20(16)12-24-19/h4-13,26H,1-3H3,(H,25,29)(H,27,28). The molecule has 1 atom stereocenters. The van der Waals surface area contributed by atoms with Crippen LogP contribution < -0.4 is 20.1 Å². The van der Waals surface area contributed by atoms with Crippen LogP contribution in [0.2, 0.25) is 0 Å². The Hall–Kier alpha value is -4.07. The van der Waals surface area contributed by atoms with Gasteiger partial charge in [-0.25, -0.2) is 4.98 Å². The minimum atomic E-state index is -0.792. The summed E-state index contributed by atoms with van der Waals surface area (Å²) in [7, 11) is 3.05. The minimum Gasteiger partial charge on any atom is -0.497 e. The molecule has 0 fully saturated rings. The van der Waals surface area contributed by atoms with Gasteiger partial charge >= 0.3 is 0 Å². The number of amides is 2. The first-order valence-corrected chi connectivity index (χ1v) is 9.70. The number of ether oxygens (including phenoxy) is 2. The van der Waals surface area contributed by atoms with Crippen molar-refractivity contribution in [3.8, 4) is 11.5 Å². The maximum Gasteiger partial charge on any atom is 0.270 e. The summed E-state index contributed by atoms with van der Waals surface area (Å²) < 4.78 is 10.5. The Morgan fingerprint density at radius 2 is 1.81 bits per heavy atom. The highest BCUT2D eigenvalue weighted by molar-refractivity contribution is 6.09. The van der Waals surface area contributed by atoms with Gasteiger partial charge in [-0.2, -0.15) is 0 Å². The number of fused-ring (bicyclic) bond motifs is 3. The molecule has 0 saturated carbocycles. The summed E-state index contributed by atoms with van der Waals surface area (Å²) in [5.74, 6) is 0.245. The zero-order valence-corrected chi connectivity index (χ0v) is 17.4. The predicted octanol–water partition coefficient (Wildman–Crippen LogP) is 3.49. The predicted molar refractivity (Wildman–Crippen MR) is 119 cm³/mol. The van der Waals surface area contributed by atoms with Gasteiger partial charge in [-0.15, -0.1) is 0 Å². The Morgan fingerprint density at radius 1 is 1.00 bits per heavy atom. The van der Waals surface area contributed by atoms with E-state index in [-0.39, 0.29) is 11.6 Å². The monoisotopic (exact) mass is 418 g/mol. The number of hydrogen-bond acceptors (Lipinski definition) is 5. The number of nitrogens with one attached hydrogen (secondary N) is 3. The van der Waals surface area contributed by atoms with Crippen LogP contribution in [-0.4, -0.2) is 42.0 Å². The molecule has 0 radical (unpaired) electrons. The molecule has 0 saturated heterocycles. The van der Waals surface area contributed by atoms with Crippen LogP contribution in [0.15, 0.2) is 54.7 Å². The van der Waals surface area contributed by atoms with Gasteiger partial charge in [0.15, 0.2) is 0 Å². The number of benzene rings is 2. The van der Waals surface area contributed by atoms with E-state index in [1.54, 1.807) is 44.5 Å². The van der Waals surface area contributed by atoms with E-state index in [9.17, 15) is 9.59 Å². The SMILES string of the molecule is COc1ccc(NC(=O)C(C)NC(=O)c2cc3c(cn2)[nH]c2ccccc23)c(OC)c1. The number of hydrogen-bond donors (Lipinski definition) is 3. The maximum absolute atomic E-state index is 12.7. The van der Waals surface area contributed by atoms with E-state index in [4.69, 9.17) is 9.47 Å². The molecule has 158 valence electrons. The van der Waals surface area contributed by atoms with Crippen molar-refractivity contribution in [3.63, 3.8) is 0 Å². The van der Waals surface area contributed by atoms with Gasteiger partial charge in [0.05, 0.1) is 31.6 Å². The number of carbonyl (C=O) groups is 2. The van der Waals surface area contributed by atoms with Crippen molar-refractivity contribution >= 4 is 39.3 Å². The highest BCUT2D eigenvalue weighted by Crippen LogP contribution is 2.29. The molecular weight excluding hydrogens is 396 g/mol. The van der Waals surface area contributed by atoms with E-state index < -0.39 is 11.9 Å². The summed E-state index contributed by atoms with van der Waals surface area (Å²) in [6, 6.07) is 13.8. The number of pyridine rings is 1. The lowest BCUT2D eigenvalue weighted by molar-refractivity contribution is -0.117. The second kappa shape index (κ2) is 8.35. The van der Waals surface area contributed by atoms with E-state index in [0.717, 1.165) is 21.8 Å². The lowest BCUT2D eigenvalue weighted by atomic mass is 10.1. The lowest BCUT2D eigenvalue weighted by Gasteiger charge is -2.16. The fourth-order valence-electron chi connectivity index (χ4n) is 3.35. The number of aromatic nitrogens is 2. The van der Waals surface area contributed by atoms with E-state index in [0.29, 0.717) is 17.2 Å². The normalized spacial score (nSPS) is 11.8. The Balaban J connectivity index is 1.49. The van der Waals surface area contributed by atoms with Crippen LogP contribution in [0, 0.1) is 0 Å². The second-order valence-electron chi connectivity index (χ2n) is 7.04. The van der Waals surface area contributed by atoms with Crippen LogP contribution in [0.5, 0.6) is 11.5 Å². The van der Waals surface area contributed by atoms with E-state index in [1.165, 1.54) is 7.11 Å². The fourth-order valence-corrected chi connectivity index (χ4v) is 3.35.